The molecule has 30 heavy (non-hydrogen) atoms. The molecule has 3 aromatic carbocycles. The third kappa shape index (κ3) is 6.38. The van der Waals surface area contributed by atoms with Crippen LogP contribution in [0.4, 0.5) is 17.3 Å². The molecule has 3 nitrogen and oxygen atoms in total. The molecule has 0 aliphatic carbocycles. The maximum absolute atomic E-state index is 9.75. The Kier molecular flexibility index (Phi) is 6.79. The molecule has 1 heterocycles. The van der Waals surface area contributed by atoms with Gasteiger partial charge in [0.25, 0.3) is 0 Å². The van der Waals surface area contributed by atoms with Crippen molar-refractivity contribution in [2.24, 2.45) is 0 Å². The quantitative estimate of drug-likeness (QED) is 0.193. The van der Waals surface area contributed by atoms with Gasteiger partial charge in [-0.1, -0.05) is 60.1 Å². The van der Waals surface area contributed by atoms with Crippen LogP contribution in [0.25, 0.3) is 34.3 Å². The van der Waals surface area contributed by atoms with E-state index in [0.29, 0.717) is 22.6 Å². The second kappa shape index (κ2) is 9.50. The van der Waals surface area contributed by atoms with Crippen molar-refractivity contribution in [1.82, 2.24) is 9.97 Å². The van der Waals surface area contributed by atoms with Crippen LogP contribution < -0.4 is 0 Å². The summed E-state index contributed by atoms with van der Waals surface area (Å²) in [5.74, 6) is 1.65. The van der Waals surface area contributed by atoms with E-state index < -0.39 is 7.25 Å². The Morgan fingerprint density at radius 2 is 1.00 bits per heavy atom. The molecule has 0 aliphatic rings. The van der Waals surface area contributed by atoms with Crippen molar-refractivity contribution in [3.05, 3.63) is 90.0 Å². The van der Waals surface area contributed by atoms with Gasteiger partial charge in [0.05, 0.1) is 0 Å². The van der Waals surface area contributed by atoms with E-state index in [1.807, 2.05) is 84.9 Å². The van der Waals surface area contributed by atoms with Crippen LogP contribution in [0.1, 0.15) is 0 Å². The van der Waals surface area contributed by atoms with E-state index in [2.05, 4.69) is 9.97 Å². The van der Waals surface area contributed by atoms with Gasteiger partial charge in [-0.05, 0) is 36.4 Å². The number of benzene rings is 3. The van der Waals surface area contributed by atoms with Gasteiger partial charge in [0.15, 0.2) is 5.82 Å². The summed E-state index contributed by atoms with van der Waals surface area (Å²) in [5.41, 5.74) is 2.68. The molecule has 0 bridgehead atoms. The van der Waals surface area contributed by atoms with Crippen molar-refractivity contribution in [3.63, 3.8) is 0 Å². The van der Waals surface area contributed by atoms with Gasteiger partial charge in [-0.2, -0.15) is 4.42 Å². The predicted molar refractivity (Wildman–Crippen MR) is 110 cm³/mol. The molecule has 0 atom stereocenters. The minimum atomic E-state index is -6.00. The first-order chi connectivity index (χ1) is 14.3. The highest BCUT2D eigenvalue weighted by Gasteiger charge is 2.24. The van der Waals surface area contributed by atoms with Gasteiger partial charge < -0.3 is 17.3 Å². The highest BCUT2D eigenvalue weighted by Crippen LogP contribution is 2.27. The average Bonchev–Trinajstić information content (AvgIpc) is 2.74. The molecule has 0 aliphatic heterocycles. The fraction of sp³-hybridized carbons (Fsp3) is 0. The van der Waals surface area contributed by atoms with Gasteiger partial charge in [0.1, 0.15) is 11.1 Å². The van der Waals surface area contributed by atoms with Gasteiger partial charge in [-0.25, -0.2) is 0 Å². The summed E-state index contributed by atoms with van der Waals surface area (Å²) in [6.07, 6.45) is 0. The van der Waals surface area contributed by atoms with E-state index in [0.717, 1.165) is 16.7 Å². The monoisotopic (exact) mass is 432 g/mol. The molecule has 0 amide bonds. The van der Waals surface area contributed by atoms with Crippen LogP contribution in [0.15, 0.2) is 89.3 Å². The van der Waals surface area contributed by atoms with E-state index in [-0.39, 0.29) is 0 Å². The summed E-state index contributed by atoms with van der Waals surface area (Å²) >= 11 is 5.99. The molecule has 0 N–H and O–H groups in total. The number of aromatic nitrogens is 2. The van der Waals surface area contributed by atoms with Crippen molar-refractivity contribution in [2.75, 3.05) is 0 Å². The SMILES string of the molecule is Clc1ccc(-c2nc(-c3ccccc3)nc(-c3ccccc3)[o+]2)cc1.F[B-](F)(F)F. The molecular formula is C21H14BClF4N2O. The van der Waals surface area contributed by atoms with E-state index >= 15 is 0 Å². The van der Waals surface area contributed by atoms with Gasteiger partial charge in [-0.15, -0.1) is 9.97 Å². The lowest BCUT2D eigenvalue weighted by Crippen LogP contribution is -2.02. The number of halogens is 5. The minimum absolute atomic E-state index is 0.504. The zero-order valence-electron chi connectivity index (χ0n) is 15.4. The molecule has 4 aromatic rings. The molecule has 0 spiro atoms. The van der Waals surface area contributed by atoms with Gasteiger partial charge in [0, 0.05) is 10.6 Å². The van der Waals surface area contributed by atoms with E-state index in [1.54, 1.807) is 0 Å². The number of nitrogens with zero attached hydrogens (tertiary/aromatic N) is 2. The summed E-state index contributed by atoms with van der Waals surface area (Å²) in [4.78, 5) is 9.22. The number of hydrogen-bond acceptors (Lipinski definition) is 2. The van der Waals surface area contributed by atoms with Crippen LogP contribution in [0, 0.1) is 0 Å². The van der Waals surface area contributed by atoms with Gasteiger partial charge in [0.2, 0.25) is 0 Å². The second-order valence-electron chi connectivity index (χ2n) is 5.99. The van der Waals surface area contributed by atoms with Gasteiger partial charge >= 0.3 is 19.0 Å². The van der Waals surface area contributed by atoms with Crippen molar-refractivity contribution >= 4 is 18.9 Å². The Labute approximate surface area is 175 Å². The molecule has 9 heteroatoms. The van der Waals surface area contributed by atoms with E-state index in [9.17, 15) is 17.3 Å². The Bertz CT molecular complexity index is 1030. The zero-order valence-corrected chi connectivity index (χ0v) is 16.1. The molecule has 0 unspecified atom stereocenters. The normalized spacial score (nSPS) is 10.8. The molecule has 0 saturated heterocycles. The Morgan fingerprint density at radius 3 is 1.47 bits per heavy atom. The fourth-order valence-corrected chi connectivity index (χ4v) is 2.62. The van der Waals surface area contributed by atoms with Crippen LogP contribution in [0.3, 0.4) is 0 Å². The number of rotatable bonds is 3. The Morgan fingerprint density at radius 1 is 0.600 bits per heavy atom. The van der Waals surface area contributed by atoms with Crippen molar-refractivity contribution in [3.8, 4) is 34.3 Å². The zero-order chi connectivity index (χ0) is 21.6. The molecule has 0 saturated carbocycles. The minimum Gasteiger partial charge on any atom is -0.418 e. The van der Waals surface area contributed by atoms with Crippen LogP contribution >= 0.6 is 11.6 Å². The Balaban J connectivity index is 0.000000461. The Hall–Kier alpha value is -3.26. The van der Waals surface area contributed by atoms with Crippen molar-refractivity contribution in [2.45, 2.75) is 0 Å². The maximum atomic E-state index is 9.75. The molecule has 0 fully saturated rings. The summed E-state index contributed by atoms with van der Waals surface area (Å²) < 4.78 is 45.0. The smallest absolute Gasteiger partial charge is 0.418 e. The summed E-state index contributed by atoms with van der Waals surface area (Å²) in [5, 5.41) is 0.671. The van der Waals surface area contributed by atoms with Crippen LogP contribution in [-0.2, 0) is 0 Å². The fourth-order valence-electron chi connectivity index (χ4n) is 2.49. The number of hydrogen-bond donors (Lipinski definition) is 0. The highest BCUT2D eigenvalue weighted by atomic mass is 35.5. The first-order valence-electron chi connectivity index (χ1n) is 8.76. The van der Waals surface area contributed by atoms with Crippen molar-refractivity contribution < 1.29 is 21.7 Å². The first kappa shape index (κ1) is 21.5. The summed E-state index contributed by atoms with van der Waals surface area (Å²) in [6, 6.07) is 27.1. The lowest BCUT2D eigenvalue weighted by atomic mass is 10.2. The lowest BCUT2D eigenvalue weighted by Gasteiger charge is -2.00. The van der Waals surface area contributed by atoms with E-state index in [1.165, 1.54) is 0 Å². The first-order valence-corrected chi connectivity index (χ1v) is 9.14. The summed E-state index contributed by atoms with van der Waals surface area (Å²) in [6.45, 7) is 0. The largest absolute Gasteiger partial charge is 0.673 e. The second-order valence-corrected chi connectivity index (χ2v) is 6.43. The maximum Gasteiger partial charge on any atom is 0.673 e. The lowest BCUT2D eigenvalue weighted by molar-refractivity contribution is 0.368. The predicted octanol–water partition coefficient (Wildman–Crippen LogP) is 7.31. The van der Waals surface area contributed by atoms with E-state index in [4.69, 9.17) is 16.0 Å². The molecular weight excluding hydrogens is 419 g/mol. The molecule has 1 aromatic heterocycles. The molecule has 0 radical (unpaired) electrons. The van der Waals surface area contributed by atoms with Crippen LogP contribution in [-0.4, -0.2) is 17.2 Å². The van der Waals surface area contributed by atoms with Crippen LogP contribution in [0.2, 0.25) is 5.02 Å². The molecule has 4 rings (SSSR count). The van der Waals surface area contributed by atoms with Crippen LogP contribution in [0.5, 0.6) is 0 Å². The average molecular weight is 433 g/mol. The van der Waals surface area contributed by atoms with Crippen molar-refractivity contribution in [1.29, 1.82) is 0 Å². The molecule has 152 valence electrons. The highest BCUT2D eigenvalue weighted by molar-refractivity contribution is 6.50. The third-order valence-electron chi connectivity index (χ3n) is 3.75. The third-order valence-corrected chi connectivity index (χ3v) is 4.00. The summed E-state index contributed by atoms with van der Waals surface area (Å²) in [7, 11) is -6.00. The topological polar surface area (TPSA) is 37.1 Å². The standard InChI is InChI=1S/C21H14ClN2O.BF4/c22-18-13-11-17(12-14-18)21-24-19(15-7-3-1-4-8-15)23-20(25-21)16-9-5-2-6-10-16;2-1(3,4)5/h1-14H;/q+1;-1. The van der Waals surface area contributed by atoms with Gasteiger partial charge in [-0.3, -0.25) is 0 Å².